The molecule has 156 valence electrons. The molecule has 0 aromatic carbocycles. The van der Waals surface area contributed by atoms with E-state index in [2.05, 4.69) is 39.7 Å². The fourth-order valence-electron chi connectivity index (χ4n) is 4.08. The average Bonchev–Trinajstić information content (AvgIpc) is 3.33. The Morgan fingerprint density at radius 2 is 2.10 bits per heavy atom. The average molecular weight is 423 g/mol. The van der Waals surface area contributed by atoms with Gasteiger partial charge in [-0.15, -0.1) is 0 Å². The Kier molecular flexibility index (Phi) is 6.18. The first kappa shape index (κ1) is 20.6. The lowest BCUT2D eigenvalue weighted by Gasteiger charge is -2.14. The van der Waals surface area contributed by atoms with Gasteiger partial charge in [-0.1, -0.05) is 54.3 Å². The van der Waals surface area contributed by atoms with Crippen molar-refractivity contribution in [3.05, 3.63) is 75.9 Å². The van der Waals surface area contributed by atoms with E-state index in [0.29, 0.717) is 22.8 Å². The summed E-state index contributed by atoms with van der Waals surface area (Å²) in [7, 11) is 1.92. The maximum Gasteiger partial charge on any atom is 0.270 e. The minimum atomic E-state index is -0.102. The Morgan fingerprint density at radius 3 is 2.83 bits per heavy atom. The standard InChI is InChI=1S/C24H27ClN4O/c1-16-23(25)19(15-22(26-16)24(30)27-20-8-3-4-9-20)14-17-6-5-7-18(11-10-17)21-12-13-29(2)28-21/h5,7,10-13,15,20H,3-4,6,8-9,14H2,1-2H3,(H,27,30). The smallest absolute Gasteiger partial charge is 0.270 e. The number of nitrogens with one attached hydrogen (secondary N) is 1. The van der Waals surface area contributed by atoms with Gasteiger partial charge in [0, 0.05) is 24.9 Å². The lowest BCUT2D eigenvalue weighted by molar-refractivity contribution is 0.0932. The van der Waals surface area contributed by atoms with Gasteiger partial charge in [0.1, 0.15) is 5.69 Å². The van der Waals surface area contributed by atoms with Crippen LogP contribution in [-0.4, -0.2) is 26.7 Å². The molecule has 5 nitrogen and oxygen atoms in total. The minimum absolute atomic E-state index is 0.102. The molecule has 0 atom stereocenters. The summed E-state index contributed by atoms with van der Waals surface area (Å²) in [6.07, 6.45) is 16.4. The Morgan fingerprint density at radius 1 is 1.30 bits per heavy atom. The molecular formula is C24H27ClN4O. The second-order valence-electron chi connectivity index (χ2n) is 8.13. The quantitative estimate of drug-likeness (QED) is 0.740. The molecule has 1 N–H and O–H groups in total. The summed E-state index contributed by atoms with van der Waals surface area (Å²) in [5.74, 6) is -0.102. The fourth-order valence-corrected chi connectivity index (χ4v) is 4.24. The number of aromatic nitrogens is 3. The first-order valence-corrected chi connectivity index (χ1v) is 10.9. The van der Waals surface area contributed by atoms with Gasteiger partial charge >= 0.3 is 0 Å². The van der Waals surface area contributed by atoms with Crippen molar-refractivity contribution in [3.8, 4) is 0 Å². The van der Waals surface area contributed by atoms with Crippen LogP contribution in [0.25, 0.3) is 5.57 Å². The van der Waals surface area contributed by atoms with E-state index in [4.69, 9.17) is 11.6 Å². The molecule has 2 aliphatic carbocycles. The summed E-state index contributed by atoms with van der Waals surface area (Å²) in [5, 5.41) is 8.23. The van der Waals surface area contributed by atoms with Crippen molar-refractivity contribution < 1.29 is 4.79 Å². The lowest BCUT2D eigenvalue weighted by Crippen LogP contribution is -2.33. The van der Waals surface area contributed by atoms with Crippen molar-refractivity contribution in [3.63, 3.8) is 0 Å². The zero-order valence-corrected chi connectivity index (χ0v) is 18.2. The lowest BCUT2D eigenvalue weighted by atomic mass is 10.0. The molecular weight excluding hydrogens is 396 g/mol. The van der Waals surface area contributed by atoms with Gasteiger partial charge in [0.2, 0.25) is 0 Å². The molecule has 0 saturated heterocycles. The number of hydrogen-bond acceptors (Lipinski definition) is 3. The minimum Gasteiger partial charge on any atom is -0.348 e. The van der Waals surface area contributed by atoms with Gasteiger partial charge in [-0.05, 0) is 50.3 Å². The number of rotatable bonds is 5. The van der Waals surface area contributed by atoms with E-state index in [9.17, 15) is 4.79 Å². The highest BCUT2D eigenvalue weighted by Gasteiger charge is 2.20. The SMILES string of the molecule is Cc1nc(C(=O)NC2CCCC2)cc(CC2=CC=C(c3ccn(C)n3)C=CC2)c1Cl. The third kappa shape index (κ3) is 4.73. The molecule has 30 heavy (non-hydrogen) atoms. The van der Waals surface area contributed by atoms with E-state index in [-0.39, 0.29) is 11.9 Å². The molecule has 0 radical (unpaired) electrons. The van der Waals surface area contributed by atoms with Crippen molar-refractivity contribution in [1.82, 2.24) is 20.1 Å². The first-order valence-electron chi connectivity index (χ1n) is 10.5. The predicted molar refractivity (Wildman–Crippen MR) is 120 cm³/mol. The van der Waals surface area contributed by atoms with Crippen LogP contribution in [0.3, 0.4) is 0 Å². The van der Waals surface area contributed by atoms with Gasteiger partial charge in [0.25, 0.3) is 5.91 Å². The highest BCUT2D eigenvalue weighted by molar-refractivity contribution is 6.32. The van der Waals surface area contributed by atoms with E-state index < -0.39 is 0 Å². The zero-order valence-electron chi connectivity index (χ0n) is 17.5. The predicted octanol–water partition coefficient (Wildman–Crippen LogP) is 4.96. The molecule has 0 unspecified atom stereocenters. The number of hydrogen-bond donors (Lipinski definition) is 1. The second kappa shape index (κ2) is 9.00. The molecule has 6 heteroatoms. The number of allylic oxidation sites excluding steroid dienone is 6. The molecule has 0 bridgehead atoms. The third-order valence-corrected chi connectivity index (χ3v) is 6.24. The van der Waals surface area contributed by atoms with Crippen molar-refractivity contribution in [2.75, 3.05) is 0 Å². The van der Waals surface area contributed by atoms with Crippen LogP contribution in [0.4, 0.5) is 0 Å². The Hall–Kier alpha value is -2.66. The summed E-state index contributed by atoms with van der Waals surface area (Å²) >= 11 is 6.56. The van der Waals surface area contributed by atoms with Gasteiger partial charge in [-0.2, -0.15) is 5.10 Å². The van der Waals surface area contributed by atoms with Crippen LogP contribution in [0.1, 0.15) is 59.5 Å². The van der Waals surface area contributed by atoms with Crippen LogP contribution in [0.2, 0.25) is 5.02 Å². The van der Waals surface area contributed by atoms with E-state index in [1.165, 1.54) is 18.4 Å². The van der Waals surface area contributed by atoms with Gasteiger partial charge in [0.15, 0.2) is 0 Å². The molecule has 0 aliphatic heterocycles. The fraction of sp³-hybridized carbons (Fsp3) is 0.375. The topological polar surface area (TPSA) is 59.8 Å². The highest BCUT2D eigenvalue weighted by Crippen LogP contribution is 2.27. The van der Waals surface area contributed by atoms with Crippen molar-refractivity contribution in [2.45, 2.75) is 51.5 Å². The summed E-state index contributed by atoms with van der Waals surface area (Å²) in [5.41, 5.74) is 5.35. The van der Waals surface area contributed by atoms with Crippen molar-refractivity contribution >= 4 is 23.1 Å². The third-order valence-electron chi connectivity index (χ3n) is 5.72. The van der Waals surface area contributed by atoms with Crippen LogP contribution in [0, 0.1) is 6.92 Å². The van der Waals surface area contributed by atoms with Gasteiger partial charge < -0.3 is 5.32 Å². The van der Waals surface area contributed by atoms with Crippen LogP contribution >= 0.6 is 11.6 Å². The molecule has 1 saturated carbocycles. The molecule has 1 fully saturated rings. The van der Waals surface area contributed by atoms with Crippen LogP contribution in [0.5, 0.6) is 0 Å². The number of amides is 1. The largest absolute Gasteiger partial charge is 0.348 e. The van der Waals surface area contributed by atoms with Gasteiger partial charge in [-0.25, -0.2) is 4.98 Å². The molecule has 2 heterocycles. The van der Waals surface area contributed by atoms with E-state index in [1.807, 2.05) is 32.3 Å². The summed E-state index contributed by atoms with van der Waals surface area (Å²) in [4.78, 5) is 17.1. The van der Waals surface area contributed by atoms with E-state index in [0.717, 1.165) is 36.1 Å². The number of aryl methyl sites for hydroxylation is 2. The van der Waals surface area contributed by atoms with Gasteiger partial charge in [0.05, 0.1) is 16.4 Å². The number of pyridine rings is 1. The maximum absolute atomic E-state index is 12.7. The summed E-state index contributed by atoms with van der Waals surface area (Å²) in [6, 6.07) is 4.12. The normalized spacial score (nSPS) is 16.9. The summed E-state index contributed by atoms with van der Waals surface area (Å²) < 4.78 is 1.80. The number of carbonyl (C=O) groups is 1. The second-order valence-corrected chi connectivity index (χ2v) is 8.50. The highest BCUT2D eigenvalue weighted by atomic mass is 35.5. The van der Waals surface area contributed by atoms with E-state index >= 15 is 0 Å². The van der Waals surface area contributed by atoms with E-state index in [1.54, 1.807) is 4.68 Å². The number of carbonyl (C=O) groups excluding carboxylic acids is 1. The Labute approximate surface area is 182 Å². The Balaban J connectivity index is 1.54. The summed E-state index contributed by atoms with van der Waals surface area (Å²) in [6.45, 7) is 1.86. The number of halogens is 1. The number of nitrogens with zero attached hydrogens (tertiary/aromatic N) is 3. The first-order chi connectivity index (χ1) is 14.5. The monoisotopic (exact) mass is 422 g/mol. The molecule has 2 aliphatic rings. The van der Waals surface area contributed by atoms with Crippen LogP contribution in [0.15, 0.2) is 48.2 Å². The zero-order chi connectivity index (χ0) is 21.1. The molecule has 2 aromatic rings. The molecule has 1 amide bonds. The van der Waals surface area contributed by atoms with Crippen molar-refractivity contribution in [1.29, 1.82) is 0 Å². The molecule has 2 aromatic heterocycles. The molecule has 0 spiro atoms. The maximum atomic E-state index is 12.7. The van der Waals surface area contributed by atoms with Crippen LogP contribution < -0.4 is 5.32 Å². The van der Waals surface area contributed by atoms with Crippen LogP contribution in [-0.2, 0) is 13.5 Å². The molecule has 4 rings (SSSR count). The Bertz CT molecular complexity index is 1040. The van der Waals surface area contributed by atoms with Gasteiger partial charge in [-0.3, -0.25) is 9.48 Å². The van der Waals surface area contributed by atoms with Crippen molar-refractivity contribution in [2.24, 2.45) is 7.05 Å².